The second-order valence-corrected chi connectivity index (χ2v) is 6.65. The van der Waals surface area contributed by atoms with Crippen LogP contribution in [0.15, 0.2) is 49.1 Å². The van der Waals surface area contributed by atoms with Crippen molar-refractivity contribution in [3.05, 3.63) is 54.7 Å². The van der Waals surface area contributed by atoms with Gasteiger partial charge < -0.3 is 9.64 Å². The topological polar surface area (TPSA) is 68.2 Å². The SMILES string of the molecule is CC1CN(C(=O)c2cc(-c3ccncc3)c3cnccc3n2)CC(C)O1. The third-order valence-corrected chi connectivity index (χ3v) is 4.53. The van der Waals surface area contributed by atoms with Gasteiger partial charge in [0.1, 0.15) is 5.69 Å². The maximum atomic E-state index is 13.1. The van der Waals surface area contributed by atoms with Gasteiger partial charge in [-0.3, -0.25) is 14.8 Å². The van der Waals surface area contributed by atoms with Crippen molar-refractivity contribution in [1.82, 2.24) is 19.9 Å². The highest BCUT2D eigenvalue weighted by Crippen LogP contribution is 2.28. The van der Waals surface area contributed by atoms with Gasteiger partial charge in [0.05, 0.1) is 17.7 Å². The third kappa shape index (κ3) is 3.15. The van der Waals surface area contributed by atoms with Gasteiger partial charge in [-0.2, -0.15) is 0 Å². The number of carbonyl (C=O) groups excluding carboxylic acids is 1. The molecule has 3 aromatic heterocycles. The standard InChI is InChI=1S/C20H20N4O2/c1-13-11-24(12-14(2)26-13)20(25)19-9-16(15-3-6-21-7-4-15)17-10-22-8-5-18(17)23-19/h3-10,13-14H,11-12H2,1-2H3. The summed E-state index contributed by atoms with van der Waals surface area (Å²) in [5.74, 6) is -0.0685. The Morgan fingerprint density at radius 3 is 2.50 bits per heavy atom. The van der Waals surface area contributed by atoms with E-state index in [2.05, 4.69) is 15.0 Å². The molecule has 132 valence electrons. The predicted molar refractivity (Wildman–Crippen MR) is 98.7 cm³/mol. The van der Waals surface area contributed by atoms with Crippen molar-refractivity contribution in [2.75, 3.05) is 13.1 Å². The summed E-state index contributed by atoms with van der Waals surface area (Å²) in [6.45, 7) is 5.11. The minimum atomic E-state index is -0.0685. The van der Waals surface area contributed by atoms with Crippen molar-refractivity contribution in [3.63, 3.8) is 0 Å². The van der Waals surface area contributed by atoms with Crippen molar-refractivity contribution >= 4 is 16.8 Å². The molecule has 3 aromatic rings. The van der Waals surface area contributed by atoms with E-state index in [9.17, 15) is 4.79 Å². The predicted octanol–water partition coefficient (Wildman–Crippen LogP) is 2.94. The van der Waals surface area contributed by atoms with E-state index in [4.69, 9.17) is 4.74 Å². The number of aromatic nitrogens is 3. The monoisotopic (exact) mass is 348 g/mol. The maximum absolute atomic E-state index is 13.1. The first kappa shape index (κ1) is 16.6. The summed E-state index contributed by atoms with van der Waals surface area (Å²) in [6.07, 6.45) is 7.00. The molecule has 0 aromatic carbocycles. The fraction of sp³-hybridized carbons (Fsp3) is 0.300. The lowest BCUT2D eigenvalue weighted by atomic mass is 10.0. The molecule has 0 radical (unpaired) electrons. The molecular weight excluding hydrogens is 328 g/mol. The smallest absolute Gasteiger partial charge is 0.272 e. The first-order valence-corrected chi connectivity index (χ1v) is 8.71. The molecule has 0 N–H and O–H groups in total. The van der Waals surface area contributed by atoms with Gasteiger partial charge in [-0.15, -0.1) is 0 Å². The van der Waals surface area contributed by atoms with Crippen molar-refractivity contribution < 1.29 is 9.53 Å². The molecule has 0 spiro atoms. The van der Waals surface area contributed by atoms with E-state index in [1.807, 2.05) is 43.0 Å². The lowest BCUT2D eigenvalue weighted by molar-refractivity contribution is -0.0587. The Bertz CT molecular complexity index is 935. The molecule has 2 atom stereocenters. The fourth-order valence-corrected chi connectivity index (χ4v) is 3.45. The number of nitrogens with zero attached hydrogens (tertiary/aromatic N) is 4. The highest BCUT2D eigenvalue weighted by molar-refractivity contribution is 6.01. The minimum absolute atomic E-state index is 0.0204. The molecule has 1 aliphatic rings. The van der Waals surface area contributed by atoms with Crippen molar-refractivity contribution in [2.45, 2.75) is 26.1 Å². The number of hydrogen-bond donors (Lipinski definition) is 0. The number of morpholine rings is 1. The van der Waals surface area contributed by atoms with Gasteiger partial charge in [0.15, 0.2) is 0 Å². The van der Waals surface area contributed by atoms with Crippen molar-refractivity contribution in [3.8, 4) is 11.1 Å². The van der Waals surface area contributed by atoms with Crippen LogP contribution >= 0.6 is 0 Å². The molecule has 0 bridgehead atoms. The van der Waals surface area contributed by atoms with E-state index >= 15 is 0 Å². The van der Waals surface area contributed by atoms with E-state index in [-0.39, 0.29) is 18.1 Å². The Morgan fingerprint density at radius 1 is 1.08 bits per heavy atom. The highest BCUT2D eigenvalue weighted by Gasteiger charge is 2.27. The van der Waals surface area contributed by atoms with Crippen LogP contribution in [-0.2, 0) is 4.74 Å². The third-order valence-electron chi connectivity index (χ3n) is 4.53. The average Bonchev–Trinajstić information content (AvgIpc) is 2.66. The van der Waals surface area contributed by atoms with Crippen LogP contribution in [0.2, 0.25) is 0 Å². The zero-order chi connectivity index (χ0) is 18.1. The summed E-state index contributed by atoms with van der Waals surface area (Å²) in [5, 5.41) is 0.916. The Balaban J connectivity index is 1.80. The van der Waals surface area contributed by atoms with Crippen LogP contribution < -0.4 is 0 Å². The van der Waals surface area contributed by atoms with Gasteiger partial charge in [-0.05, 0) is 49.2 Å². The molecule has 1 saturated heterocycles. The number of hydrogen-bond acceptors (Lipinski definition) is 5. The van der Waals surface area contributed by atoms with Gasteiger partial charge in [0.2, 0.25) is 0 Å². The number of rotatable bonds is 2. The van der Waals surface area contributed by atoms with Crippen LogP contribution in [0, 0.1) is 0 Å². The lowest BCUT2D eigenvalue weighted by Crippen LogP contribution is -2.48. The molecule has 1 amide bonds. The van der Waals surface area contributed by atoms with Crippen LogP contribution in [0.5, 0.6) is 0 Å². The van der Waals surface area contributed by atoms with Gasteiger partial charge in [-0.1, -0.05) is 0 Å². The summed E-state index contributed by atoms with van der Waals surface area (Å²) < 4.78 is 5.74. The van der Waals surface area contributed by atoms with Crippen LogP contribution in [-0.4, -0.2) is 51.1 Å². The van der Waals surface area contributed by atoms with Crippen LogP contribution in [0.3, 0.4) is 0 Å². The summed E-state index contributed by atoms with van der Waals surface area (Å²) in [6, 6.07) is 7.54. The molecule has 0 aliphatic carbocycles. The van der Waals surface area contributed by atoms with E-state index in [0.29, 0.717) is 18.8 Å². The first-order chi connectivity index (χ1) is 12.6. The summed E-state index contributed by atoms with van der Waals surface area (Å²) in [4.78, 5) is 27.8. The second-order valence-electron chi connectivity index (χ2n) is 6.65. The molecule has 26 heavy (non-hydrogen) atoms. The maximum Gasteiger partial charge on any atom is 0.272 e. The van der Waals surface area contributed by atoms with Crippen molar-refractivity contribution in [2.24, 2.45) is 0 Å². The van der Waals surface area contributed by atoms with E-state index in [0.717, 1.165) is 22.0 Å². The fourth-order valence-electron chi connectivity index (χ4n) is 3.45. The largest absolute Gasteiger partial charge is 0.372 e. The van der Waals surface area contributed by atoms with Crippen LogP contribution in [0.25, 0.3) is 22.0 Å². The normalized spacial score (nSPS) is 20.3. The molecule has 4 heterocycles. The molecule has 0 saturated carbocycles. The summed E-state index contributed by atoms with van der Waals surface area (Å²) in [5.41, 5.74) is 3.12. The van der Waals surface area contributed by atoms with E-state index in [1.54, 1.807) is 24.8 Å². The summed E-state index contributed by atoms with van der Waals surface area (Å²) >= 11 is 0. The van der Waals surface area contributed by atoms with Gasteiger partial charge in [0, 0.05) is 43.3 Å². The zero-order valence-corrected chi connectivity index (χ0v) is 14.8. The van der Waals surface area contributed by atoms with Crippen LogP contribution in [0.4, 0.5) is 0 Å². The lowest BCUT2D eigenvalue weighted by Gasteiger charge is -2.35. The molecule has 1 aliphatic heterocycles. The number of amides is 1. The highest BCUT2D eigenvalue weighted by atomic mass is 16.5. The second kappa shape index (κ2) is 6.80. The minimum Gasteiger partial charge on any atom is -0.372 e. The number of fused-ring (bicyclic) bond motifs is 1. The number of ether oxygens (including phenoxy) is 1. The molecule has 6 heteroatoms. The van der Waals surface area contributed by atoms with Crippen LogP contribution in [0.1, 0.15) is 24.3 Å². The number of pyridine rings is 3. The average molecular weight is 348 g/mol. The molecule has 1 fully saturated rings. The molecule has 2 unspecified atom stereocenters. The molecule has 4 rings (SSSR count). The Kier molecular flexibility index (Phi) is 4.34. The van der Waals surface area contributed by atoms with Gasteiger partial charge in [-0.25, -0.2) is 4.98 Å². The Morgan fingerprint density at radius 2 is 1.77 bits per heavy atom. The molecule has 6 nitrogen and oxygen atoms in total. The van der Waals surface area contributed by atoms with E-state index < -0.39 is 0 Å². The Hall–Kier alpha value is -2.86. The Labute approximate surface area is 151 Å². The van der Waals surface area contributed by atoms with Crippen molar-refractivity contribution in [1.29, 1.82) is 0 Å². The summed E-state index contributed by atoms with van der Waals surface area (Å²) in [7, 11) is 0. The first-order valence-electron chi connectivity index (χ1n) is 8.71. The van der Waals surface area contributed by atoms with E-state index in [1.165, 1.54) is 0 Å². The van der Waals surface area contributed by atoms with Gasteiger partial charge in [0.25, 0.3) is 5.91 Å². The quantitative estimate of drug-likeness (QED) is 0.712. The number of carbonyl (C=O) groups is 1. The zero-order valence-electron chi connectivity index (χ0n) is 14.8. The molecular formula is C20H20N4O2. The van der Waals surface area contributed by atoms with Gasteiger partial charge >= 0.3 is 0 Å².